The van der Waals surface area contributed by atoms with E-state index in [9.17, 15) is 4.79 Å². The Morgan fingerprint density at radius 2 is 1.64 bits per heavy atom. The zero-order valence-corrected chi connectivity index (χ0v) is 15.2. The van der Waals surface area contributed by atoms with Gasteiger partial charge in [-0.1, -0.05) is 12.1 Å². The van der Waals surface area contributed by atoms with Crippen molar-refractivity contribution in [1.29, 1.82) is 0 Å². The van der Waals surface area contributed by atoms with Crippen LogP contribution in [0.5, 0.6) is 0 Å². The van der Waals surface area contributed by atoms with E-state index in [1.807, 2.05) is 72.8 Å². The minimum Gasteiger partial charge on any atom is -0.436 e. The Balaban J connectivity index is 1.53. The molecule has 0 atom stereocenters. The van der Waals surface area contributed by atoms with Crippen LogP contribution in [0, 0.1) is 3.57 Å². The largest absolute Gasteiger partial charge is 0.436 e. The number of nitrogens with zero attached hydrogens (tertiary/aromatic N) is 1. The second kappa shape index (κ2) is 6.68. The number of carbonyl (C=O) groups excluding carboxylic acids is 1. The minimum absolute atomic E-state index is 0.133. The van der Waals surface area contributed by atoms with Gasteiger partial charge in [0.2, 0.25) is 5.89 Å². The van der Waals surface area contributed by atoms with E-state index < -0.39 is 0 Å². The first-order chi connectivity index (χ1) is 12.2. The minimum atomic E-state index is -0.133. The van der Waals surface area contributed by atoms with Crippen LogP contribution in [-0.2, 0) is 0 Å². The molecule has 4 rings (SSSR count). The van der Waals surface area contributed by atoms with E-state index in [-0.39, 0.29) is 5.91 Å². The second-order valence-corrected chi connectivity index (χ2v) is 6.77. The standard InChI is InChI=1S/C20H13IN2O2/c21-15-9-5-13(6-10-15)19(24)22-16-11-7-14(8-12-16)20-23-17-3-1-2-4-18(17)25-20/h1-12H,(H,22,24). The van der Waals surface area contributed by atoms with Crippen LogP contribution in [0.4, 0.5) is 5.69 Å². The van der Waals surface area contributed by atoms with Crippen LogP contribution >= 0.6 is 22.6 Å². The normalized spacial score (nSPS) is 10.8. The van der Waals surface area contributed by atoms with E-state index in [0.29, 0.717) is 11.5 Å². The first-order valence-electron chi connectivity index (χ1n) is 7.72. The fraction of sp³-hybridized carbons (Fsp3) is 0. The van der Waals surface area contributed by atoms with Gasteiger partial charge in [0, 0.05) is 20.4 Å². The number of para-hydroxylation sites is 2. The zero-order valence-electron chi connectivity index (χ0n) is 13.1. The van der Waals surface area contributed by atoms with Gasteiger partial charge >= 0.3 is 0 Å². The van der Waals surface area contributed by atoms with Crippen molar-refractivity contribution in [2.45, 2.75) is 0 Å². The summed E-state index contributed by atoms with van der Waals surface area (Å²) in [5, 5.41) is 2.89. The van der Waals surface area contributed by atoms with Gasteiger partial charge in [0.25, 0.3) is 5.91 Å². The van der Waals surface area contributed by atoms with Crippen LogP contribution in [0.3, 0.4) is 0 Å². The third-order valence-corrected chi connectivity index (χ3v) is 4.51. The lowest BCUT2D eigenvalue weighted by Crippen LogP contribution is -2.11. The highest BCUT2D eigenvalue weighted by atomic mass is 127. The molecule has 3 aromatic carbocycles. The Bertz CT molecular complexity index is 1000. The molecule has 0 spiro atoms. The maximum Gasteiger partial charge on any atom is 0.255 e. The van der Waals surface area contributed by atoms with E-state index in [4.69, 9.17) is 4.42 Å². The summed E-state index contributed by atoms with van der Waals surface area (Å²) in [7, 11) is 0. The number of carbonyl (C=O) groups is 1. The molecule has 1 heterocycles. The second-order valence-electron chi connectivity index (χ2n) is 5.53. The predicted molar refractivity (Wildman–Crippen MR) is 107 cm³/mol. The monoisotopic (exact) mass is 440 g/mol. The molecule has 1 aromatic heterocycles. The third kappa shape index (κ3) is 3.41. The molecule has 0 aliphatic rings. The van der Waals surface area contributed by atoms with E-state index in [0.717, 1.165) is 25.9 Å². The molecule has 0 radical (unpaired) electrons. The summed E-state index contributed by atoms with van der Waals surface area (Å²) in [5.41, 5.74) is 3.80. The highest BCUT2D eigenvalue weighted by Gasteiger charge is 2.09. The fourth-order valence-corrected chi connectivity index (χ4v) is 2.86. The molecule has 0 aliphatic carbocycles. The average molecular weight is 440 g/mol. The molecular formula is C20H13IN2O2. The van der Waals surface area contributed by atoms with Gasteiger partial charge in [0.1, 0.15) is 5.52 Å². The number of hydrogen-bond acceptors (Lipinski definition) is 3. The van der Waals surface area contributed by atoms with Crippen molar-refractivity contribution >= 4 is 45.3 Å². The molecular weight excluding hydrogens is 427 g/mol. The van der Waals surface area contributed by atoms with Crippen LogP contribution < -0.4 is 5.32 Å². The van der Waals surface area contributed by atoms with Crippen LogP contribution in [-0.4, -0.2) is 10.9 Å². The number of hydrogen-bond donors (Lipinski definition) is 1. The van der Waals surface area contributed by atoms with E-state index in [1.54, 1.807) is 0 Å². The topological polar surface area (TPSA) is 55.1 Å². The van der Waals surface area contributed by atoms with Crippen LogP contribution in [0.15, 0.2) is 77.2 Å². The maximum atomic E-state index is 12.3. The smallest absolute Gasteiger partial charge is 0.255 e. The molecule has 0 saturated heterocycles. The third-order valence-electron chi connectivity index (χ3n) is 3.79. The number of fused-ring (bicyclic) bond motifs is 1. The number of benzene rings is 3. The number of aromatic nitrogens is 1. The number of nitrogens with one attached hydrogen (secondary N) is 1. The Hall–Kier alpha value is -2.67. The molecule has 1 N–H and O–H groups in total. The van der Waals surface area contributed by atoms with Gasteiger partial charge in [-0.3, -0.25) is 4.79 Å². The van der Waals surface area contributed by atoms with Crippen molar-refractivity contribution in [3.05, 3.63) is 81.9 Å². The number of oxazole rings is 1. The van der Waals surface area contributed by atoms with Crippen molar-refractivity contribution in [2.24, 2.45) is 0 Å². The summed E-state index contributed by atoms with van der Waals surface area (Å²) in [6.07, 6.45) is 0. The highest BCUT2D eigenvalue weighted by Crippen LogP contribution is 2.25. The highest BCUT2D eigenvalue weighted by molar-refractivity contribution is 14.1. The molecule has 4 nitrogen and oxygen atoms in total. The zero-order chi connectivity index (χ0) is 17.2. The van der Waals surface area contributed by atoms with Gasteiger partial charge < -0.3 is 9.73 Å². The molecule has 25 heavy (non-hydrogen) atoms. The molecule has 0 aliphatic heterocycles. The fourth-order valence-electron chi connectivity index (χ4n) is 2.50. The summed E-state index contributed by atoms with van der Waals surface area (Å²) >= 11 is 2.21. The first kappa shape index (κ1) is 15.8. The van der Waals surface area contributed by atoms with Crippen molar-refractivity contribution < 1.29 is 9.21 Å². The number of anilines is 1. The predicted octanol–water partition coefficient (Wildman–Crippen LogP) is 5.35. The van der Waals surface area contributed by atoms with Gasteiger partial charge in [-0.05, 0) is 83.3 Å². The van der Waals surface area contributed by atoms with E-state index in [2.05, 4.69) is 32.9 Å². The lowest BCUT2D eigenvalue weighted by molar-refractivity contribution is 0.102. The number of rotatable bonds is 3. The molecule has 0 bridgehead atoms. The SMILES string of the molecule is O=C(Nc1ccc(-c2nc3ccccc3o2)cc1)c1ccc(I)cc1. The Morgan fingerprint density at radius 3 is 2.36 bits per heavy atom. The van der Waals surface area contributed by atoms with Crippen molar-refractivity contribution in [1.82, 2.24) is 4.98 Å². The Kier molecular flexibility index (Phi) is 4.23. The van der Waals surface area contributed by atoms with Crippen molar-refractivity contribution in [2.75, 3.05) is 5.32 Å². The Morgan fingerprint density at radius 1 is 0.920 bits per heavy atom. The molecule has 4 aromatic rings. The number of amides is 1. The summed E-state index contributed by atoms with van der Waals surface area (Å²) < 4.78 is 6.85. The van der Waals surface area contributed by atoms with E-state index in [1.165, 1.54) is 0 Å². The lowest BCUT2D eigenvalue weighted by atomic mass is 10.2. The van der Waals surface area contributed by atoms with Gasteiger partial charge in [0.05, 0.1) is 0 Å². The number of halogens is 1. The quantitative estimate of drug-likeness (QED) is 0.437. The van der Waals surface area contributed by atoms with Gasteiger partial charge in [-0.25, -0.2) is 4.98 Å². The lowest BCUT2D eigenvalue weighted by Gasteiger charge is -2.06. The molecule has 1 amide bonds. The van der Waals surface area contributed by atoms with Crippen molar-refractivity contribution in [3.63, 3.8) is 0 Å². The molecule has 5 heteroatoms. The average Bonchev–Trinajstić information content (AvgIpc) is 3.07. The maximum absolute atomic E-state index is 12.3. The Labute approximate surface area is 158 Å². The molecule has 0 unspecified atom stereocenters. The summed E-state index contributed by atoms with van der Waals surface area (Å²) in [5.74, 6) is 0.433. The van der Waals surface area contributed by atoms with Gasteiger partial charge in [-0.15, -0.1) is 0 Å². The summed E-state index contributed by atoms with van der Waals surface area (Å²) in [6, 6.07) is 22.5. The van der Waals surface area contributed by atoms with Crippen LogP contribution in [0.1, 0.15) is 10.4 Å². The van der Waals surface area contributed by atoms with Crippen LogP contribution in [0.25, 0.3) is 22.6 Å². The van der Waals surface area contributed by atoms with Crippen molar-refractivity contribution in [3.8, 4) is 11.5 Å². The molecule has 0 fully saturated rings. The molecule has 0 saturated carbocycles. The summed E-state index contributed by atoms with van der Waals surface area (Å²) in [4.78, 5) is 16.7. The first-order valence-corrected chi connectivity index (χ1v) is 8.80. The molecule has 122 valence electrons. The summed E-state index contributed by atoms with van der Waals surface area (Å²) in [6.45, 7) is 0. The van der Waals surface area contributed by atoms with Crippen LogP contribution in [0.2, 0.25) is 0 Å². The van der Waals surface area contributed by atoms with Gasteiger partial charge in [0.15, 0.2) is 5.58 Å². The van der Waals surface area contributed by atoms with E-state index >= 15 is 0 Å². The van der Waals surface area contributed by atoms with Gasteiger partial charge in [-0.2, -0.15) is 0 Å².